The third-order valence-corrected chi connectivity index (χ3v) is 8.20. The van der Waals surface area contributed by atoms with Crippen molar-refractivity contribution in [3.05, 3.63) is 76.6 Å². The van der Waals surface area contributed by atoms with Crippen LogP contribution < -0.4 is 15.5 Å². The number of nitrogens with zero attached hydrogens (tertiary/aromatic N) is 4. The van der Waals surface area contributed by atoms with Gasteiger partial charge in [-0.05, 0) is 61.2 Å². The Balaban J connectivity index is 1.25. The molecule has 1 saturated carbocycles. The van der Waals surface area contributed by atoms with E-state index in [2.05, 4.69) is 25.6 Å². The van der Waals surface area contributed by atoms with E-state index in [4.69, 9.17) is 11.6 Å². The Morgan fingerprint density at radius 3 is 2.36 bits per heavy atom. The molecule has 2 aliphatic rings. The first-order valence-electron chi connectivity index (χ1n) is 13.8. The van der Waals surface area contributed by atoms with Crippen LogP contribution in [0.4, 0.5) is 37.8 Å². The molecule has 2 aromatic heterocycles. The minimum absolute atomic E-state index is 0.0140. The second-order valence-electron chi connectivity index (χ2n) is 10.9. The standard InChI is InChI=1S/C30H23ClF6N6O2/c31-22-5-2-16(13-39-27(45)28(6-7-28)30(35,36)37)10-21(22)26(44)40-19-3-4-20-23(12-19)41-24(42-25(20)43-8-1-9-43)17-11-18(15-38-14-17)29(32,33)34/h2-5,10-12,14-15H,1,6-9,13H2,(H,39,45)(H,40,44). The summed E-state index contributed by atoms with van der Waals surface area (Å²) in [4.78, 5) is 40.2. The summed E-state index contributed by atoms with van der Waals surface area (Å²) in [7, 11) is 0. The zero-order valence-corrected chi connectivity index (χ0v) is 23.9. The van der Waals surface area contributed by atoms with Crippen molar-refractivity contribution in [1.82, 2.24) is 20.3 Å². The average Bonchev–Trinajstić information content (AvgIpc) is 3.78. The number of carbonyl (C=O) groups excluding carboxylic acids is 2. The van der Waals surface area contributed by atoms with Gasteiger partial charge in [0.1, 0.15) is 11.2 Å². The van der Waals surface area contributed by atoms with Crippen molar-refractivity contribution in [2.24, 2.45) is 5.41 Å². The van der Waals surface area contributed by atoms with Crippen molar-refractivity contribution in [1.29, 1.82) is 0 Å². The van der Waals surface area contributed by atoms with Gasteiger partial charge < -0.3 is 15.5 Å². The van der Waals surface area contributed by atoms with Crippen molar-refractivity contribution in [2.45, 2.75) is 38.2 Å². The highest BCUT2D eigenvalue weighted by atomic mass is 35.5. The molecule has 8 nitrogen and oxygen atoms in total. The monoisotopic (exact) mass is 648 g/mol. The molecule has 1 saturated heterocycles. The van der Waals surface area contributed by atoms with Crippen molar-refractivity contribution >= 4 is 45.8 Å². The number of alkyl halides is 6. The van der Waals surface area contributed by atoms with Gasteiger partial charge in [0.25, 0.3) is 5.91 Å². The van der Waals surface area contributed by atoms with Crippen LogP contribution in [0.3, 0.4) is 0 Å². The first-order valence-corrected chi connectivity index (χ1v) is 14.2. The van der Waals surface area contributed by atoms with Gasteiger partial charge in [-0.2, -0.15) is 26.3 Å². The smallest absolute Gasteiger partial charge is 0.356 e. The summed E-state index contributed by atoms with van der Waals surface area (Å²) in [6.07, 6.45) is -6.91. The molecule has 6 rings (SSSR count). The first kappa shape index (κ1) is 30.6. The molecule has 1 aliphatic heterocycles. The Labute approximate surface area is 256 Å². The Kier molecular flexibility index (Phi) is 7.58. The summed E-state index contributed by atoms with van der Waals surface area (Å²) in [6.45, 7) is 1.17. The molecule has 0 spiro atoms. The van der Waals surface area contributed by atoms with E-state index >= 15 is 0 Å². The number of aromatic nitrogens is 3. The highest BCUT2D eigenvalue weighted by Gasteiger charge is 2.68. The van der Waals surface area contributed by atoms with Crippen LogP contribution in [-0.2, 0) is 17.5 Å². The largest absolute Gasteiger partial charge is 0.417 e. The number of benzene rings is 2. The number of hydrogen-bond donors (Lipinski definition) is 2. The lowest BCUT2D eigenvalue weighted by atomic mass is 10.1. The summed E-state index contributed by atoms with van der Waals surface area (Å²) in [5.41, 5.74) is -2.21. The van der Waals surface area contributed by atoms with Gasteiger partial charge >= 0.3 is 12.4 Å². The molecule has 45 heavy (non-hydrogen) atoms. The summed E-state index contributed by atoms with van der Waals surface area (Å²) in [5, 5.41) is 5.70. The lowest BCUT2D eigenvalue weighted by molar-refractivity contribution is -0.192. The minimum Gasteiger partial charge on any atom is -0.356 e. The van der Waals surface area contributed by atoms with Gasteiger partial charge in [-0.3, -0.25) is 14.6 Å². The molecule has 2 fully saturated rings. The third kappa shape index (κ3) is 5.98. The van der Waals surface area contributed by atoms with E-state index in [1.807, 2.05) is 4.90 Å². The number of pyridine rings is 1. The Hall–Kier alpha value is -4.46. The number of rotatable bonds is 7. The van der Waals surface area contributed by atoms with E-state index in [1.54, 1.807) is 18.2 Å². The zero-order valence-electron chi connectivity index (χ0n) is 23.2. The fourth-order valence-corrected chi connectivity index (χ4v) is 5.18. The molecule has 1 aliphatic carbocycles. The van der Waals surface area contributed by atoms with Crippen LogP contribution in [0.2, 0.25) is 5.02 Å². The fraction of sp³-hybridized carbons (Fsp3) is 0.300. The highest BCUT2D eigenvalue weighted by molar-refractivity contribution is 6.34. The Morgan fingerprint density at radius 1 is 0.956 bits per heavy atom. The van der Waals surface area contributed by atoms with Crippen molar-refractivity contribution < 1.29 is 35.9 Å². The van der Waals surface area contributed by atoms with Gasteiger partial charge in [0.05, 0.1) is 21.7 Å². The molecular formula is C30H23ClF6N6O2. The predicted octanol–water partition coefficient (Wildman–Crippen LogP) is 6.79. The van der Waals surface area contributed by atoms with E-state index in [0.717, 1.165) is 12.5 Å². The van der Waals surface area contributed by atoms with Crippen LogP contribution in [0.5, 0.6) is 0 Å². The second kappa shape index (κ2) is 11.2. The summed E-state index contributed by atoms with van der Waals surface area (Å²) >= 11 is 6.26. The van der Waals surface area contributed by atoms with Gasteiger partial charge in [-0.25, -0.2) is 9.97 Å². The normalized spacial score (nSPS) is 15.8. The van der Waals surface area contributed by atoms with Crippen LogP contribution >= 0.6 is 11.6 Å². The number of hydrogen-bond acceptors (Lipinski definition) is 6. The average molecular weight is 649 g/mol. The summed E-state index contributed by atoms with van der Waals surface area (Å²) in [5.74, 6) is -1.19. The number of halogens is 7. The number of nitrogens with one attached hydrogen (secondary N) is 2. The maximum absolute atomic E-state index is 13.3. The highest BCUT2D eigenvalue weighted by Crippen LogP contribution is 2.57. The zero-order chi connectivity index (χ0) is 32.1. The van der Waals surface area contributed by atoms with E-state index in [9.17, 15) is 35.9 Å². The topological polar surface area (TPSA) is 100 Å². The molecule has 3 heterocycles. The van der Waals surface area contributed by atoms with E-state index in [-0.39, 0.29) is 41.4 Å². The summed E-state index contributed by atoms with van der Waals surface area (Å²) < 4.78 is 79.8. The number of carbonyl (C=O) groups is 2. The molecule has 0 unspecified atom stereocenters. The quantitative estimate of drug-likeness (QED) is 0.214. The predicted molar refractivity (Wildman–Crippen MR) is 154 cm³/mol. The molecule has 2 N–H and O–H groups in total. The lowest BCUT2D eigenvalue weighted by Gasteiger charge is -2.33. The summed E-state index contributed by atoms with van der Waals surface area (Å²) in [6, 6.07) is 10.0. The lowest BCUT2D eigenvalue weighted by Crippen LogP contribution is -2.40. The SMILES string of the molecule is O=C(Nc1ccc2c(N3CCC3)nc(-c3cncc(C(F)(F)F)c3)nc2c1)c1cc(CNC(=O)C2(C(F)(F)F)CC2)ccc1Cl. The number of anilines is 2. The maximum atomic E-state index is 13.3. The van der Waals surface area contributed by atoms with Crippen LogP contribution in [-0.4, -0.2) is 46.0 Å². The van der Waals surface area contributed by atoms with Gasteiger partial charge in [-0.15, -0.1) is 0 Å². The number of amides is 2. The van der Waals surface area contributed by atoms with E-state index in [1.165, 1.54) is 24.4 Å². The Bertz CT molecular complexity index is 1820. The molecule has 15 heteroatoms. The fourth-order valence-electron chi connectivity index (χ4n) is 4.98. The van der Waals surface area contributed by atoms with Gasteiger partial charge in [-0.1, -0.05) is 17.7 Å². The molecule has 0 bridgehead atoms. The van der Waals surface area contributed by atoms with Crippen LogP contribution in [0, 0.1) is 5.41 Å². The molecule has 4 aromatic rings. The molecule has 0 radical (unpaired) electrons. The van der Waals surface area contributed by atoms with E-state index in [0.29, 0.717) is 47.3 Å². The van der Waals surface area contributed by atoms with Gasteiger partial charge in [0.15, 0.2) is 5.82 Å². The molecule has 0 atom stereocenters. The van der Waals surface area contributed by atoms with Crippen LogP contribution in [0.1, 0.15) is 40.7 Å². The first-order chi connectivity index (χ1) is 21.2. The van der Waals surface area contributed by atoms with Gasteiger partial charge in [0, 0.05) is 48.7 Å². The molecule has 2 amide bonds. The van der Waals surface area contributed by atoms with Crippen molar-refractivity contribution in [3.8, 4) is 11.4 Å². The second-order valence-corrected chi connectivity index (χ2v) is 11.3. The maximum Gasteiger partial charge on any atom is 0.417 e. The van der Waals surface area contributed by atoms with E-state index < -0.39 is 35.1 Å². The molecular weight excluding hydrogens is 626 g/mol. The van der Waals surface area contributed by atoms with Crippen molar-refractivity contribution in [2.75, 3.05) is 23.3 Å². The van der Waals surface area contributed by atoms with Crippen LogP contribution in [0.25, 0.3) is 22.3 Å². The Morgan fingerprint density at radius 2 is 1.71 bits per heavy atom. The number of fused-ring (bicyclic) bond motifs is 1. The molecule has 234 valence electrons. The van der Waals surface area contributed by atoms with Gasteiger partial charge in [0.2, 0.25) is 5.91 Å². The van der Waals surface area contributed by atoms with Crippen molar-refractivity contribution in [3.63, 3.8) is 0 Å². The minimum atomic E-state index is -4.65. The third-order valence-electron chi connectivity index (χ3n) is 7.87. The van der Waals surface area contributed by atoms with Crippen LogP contribution in [0.15, 0.2) is 54.9 Å². The molecule has 2 aromatic carbocycles.